The van der Waals surface area contributed by atoms with Crippen LogP contribution in [0.3, 0.4) is 0 Å². The molecule has 0 unspecified atom stereocenters. The quantitative estimate of drug-likeness (QED) is 0.760. The summed E-state index contributed by atoms with van der Waals surface area (Å²) in [7, 11) is 0. The number of carbonyl (C=O) groups is 1. The van der Waals surface area contributed by atoms with Gasteiger partial charge in [-0.15, -0.1) is 11.3 Å². The van der Waals surface area contributed by atoms with Crippen molar-refractivity contribution in [3.05, 3.63) is 39.3 Å². The Bertz CT molecular complexity index is 887. The highest BCUT2D eigenvalue weighted by Crippen LogP contribution is 2.28. The smallest absolute Gasteiger partial charge is 0.259 e. The van der Waals surface area contributed by atoms with Crippen molar-refractivity contribution < 1.29 is 4.79 Å². The number of H-pyrrole nitrogens is 1. The fourth-order valence-corrected chi connectivity index (χ4v) is 3.22. The van der Waals surface area contributed by atoms with Crippen molar-refractivity contribution in [1.82, 2.24) is 15.2 Å². The number of nitrogens with zero attached hydrogens (tertiary/aromatic N) is 3. The van der Waals surface area contributed by atoms with Crippen molar-refractivity contribution >= 4 is 34.0 Å². The number of nitriles is 1. The molecule has 0 radical (unpaired) electrons. The van der Waals surface area contributed by atoms with Gasteiger partial charge in [0.05, 0.1) is 22.0 Å². The number of carbonyl (C=O) groups excluding carboxylic acids is 1. The Hall–Kier alpha value is -2.72. The molecule has 2 N–H and O–H groups in total. The van der Waals surface area contributed by atoms with E-state index < -0.39 is 0 Å². The van der Waals surface area contributed by atoms with Crippen LogP contribution in [0.15, 0.2) is 18.5 Å². The largest absolute Gasteiger partial charge is 0.304 e. The van der Waals surface area contributed by atoms with Crippen molar-refractivity contribution in [3.63, 3.8) is 0 Å². The Balaban J connectivity index is 2.00. The number of thiophene rings is 1. The molecule has 3 rings (SSSR count). The molecule has 104 valence electrons. The minimum Gasteiger partial charge on any atom is -0.304 e. The van der Waals surface area contributed by atoms with Gasteiger partial charge in [0, 0.05) is 22.1 Å². The topological polar surface area (TPSA) is 94.5 Å². The lowest BCUT2D eigenvalue weighted by Gasteiger charge is -2.02. The van der Waals surface area contributed by atoms with Gasteiger partial charge in [-0.3, -0.25) is 14.9 Å². The molecule has 0 aliphatic heterocycles. The van der Waals surface area contributed by atoms with Crippen LogP contribution in [0.5, 0.6) is 0 Å². The van der Waals surface area contributed by atoms with Crippen LogP contribution in [-0.4, -0.2) is 21.1 Å². The van der Waals surface area contributed by atoms with E-state index in [2.05, 4.69) is 26.6 Å². The molecule has 0 bridgehead atoms. The maximum Gasteiger partial charge on any atom is 0.259 e. The molecular formula is C14H11N5OS. The van der Waals surface area contributed by atoms with Gasteiger partial charge >= 0.3 is 0 Å². The molecule has 0 spiro atoms. The Kier molecular flexibility index (Phi) is 3.16. The molecule has 21 heavy (non-hydrogen) atoms. The number of pyridine rings is 1. The molecule has 0 aliphatic carbocycles. The van der Waals surface area contributed by atoms with Gasteiger partial charge in [-0.05, 0) is 19.9 Å². The third-order valence-electron chi connectivity index (χ3n) is 3.20. The average Bonchev–Trinajstić information content (AvgIpc) is 2.99. The summed E-state index contributed by atoms with van der Waals surface area (Å²) < 4.78 is 0. The molecule has 0 fully saturated rings. The van der Waals surface area contributed by atoms with Crippen LogP contribution in [0.4, 0.5) is 5.82 Å². The summed E-state index contributed by atoms with van der Waals surface area (Å²) >= 11 is 1.44. The second kappa shape index (κ2) is 5.00. The van der Waals surface area contributed by atoms with Crippen LogP contribution in [0.1, 0.15) is 25.7 Å². The summed E-state index contributed by atoms with van der Waals surface area (Å²) in [6, 6.07) is 3.87. The van der Waals surface area contributed by atoms with Gasteiger partial charge in [-0.2, -0.15) is 10.4 Å². The van der Waals surface area contributed by atoms with Gasteiger partial charge in [0.2, 0.25) is 0 Å². The summed E-state index contributed by atoms with van der Waals surface area (Å²) in [5.74, 6) is 0.0842. The summed E-state index contributed by atoms with van der Waals surface area (Å²) in [5.41, 5.74) is 1.63. The van der Waals surface area contributed by atoms with Crippen LogP contribution >= 0.6 is 11.3 Å². The van der Waals surface area contributed by atoms with E-state index in [0.29, 0.717) is 16.9 Å². The molecule has 6 nitrogen and oxygen atoms in total. The molecule has 1 amide bonds. The monoisotopic (exact) mass is 297 g/mol. The van der Waals surface area contributed by atoms with Crippen molar-refractivity contribution in [3.8, 4) is 6.07 Å². The average molecular weight is 297 g/mol. The zero-order valence-electron chi connectivity index (χ0n) is 11.4. The van der Waals surface area contributed by atoms with E-state index in [0.717, 1.165) is 20.7 Å². The zero-order chi connectivity index (χ0) is 15.0. The molecule has 0 saturated heterocycles. The summed E-state index contributed by atoms with van der Waals surface area (Å²) in [6.45, 7) is 3.67. The van der Waals surface area contributed by atoms with Crippen LogP contribution in [0.25, 0.3) is 10.9 Å². The van der Waals surface area contributed by atoms with Gasteiger partial charge in [-0.25, -0.2) is 0 Å². The predicted molar refractivity (Wildman–Crippen MR) is 80.3 cm³/mol. The first kappa shape index (κ1) is 13.3. The Morgan fingerprint density at radius 1 is 1.43 bits per heavy atom. The number of rotatable bonds is 2. The van der Waals surface area contributed by atoms with Crippen LogP contribution < -0.4 is 5.32 Å². The second-order valence-corrected chi connectivity index (χ2v) is 5.95. The molecular weight excluding hydrogens is 286 g/mol. The summed E-state index contributed by atoms with van der Waals surface area (Å²) in [5, 5.41) is 19.6. The fourth-order valence-electron chi connectivity index (χ4n) is 2.21. The van der Waals surface area contributed by atoms with Crippen molar-refractivity contribution in [2.24, 2.45) is 0 Å². The number of nitrogens with one attached hydrogen (secondary N) is 2. The number of amides is 1. The van der Waals surface area contributed by atoms with Crippen LogP contribution in [0, 0.1) is 25.2 Å². The fraction of sp³-hybridized carbons (Fsp3) is 0.143. The first-order chi connectivity index (χ1) is 10.1. The third-order valence-corrected chi connectivity index (χ3v) is 4.22. The molecule has 0 atom stereocenters. The zero-order valence-corrected chi connectivity index (χ0v) is 12.2. The SMILES string of the molecule is Cc1sc(C)c(C(=O)Nc2n[nH]c3ccncc23)c1C#N. The number of anilines is 1. The standard InChI is InChI=1S/C14H11N5OS/c1-7-9(5-15)12(8(2)21-7)14(20)17-13-10-6-16-4-3-11(10)18-19-13/h3-4,6H,1-2H3,(H2,17,18,19,20). The number of fused-ring (bicyclic) bond motifs is 1. The van der Waals surface area contributed by atoms with Crippen LogP contribution in [0.2, 0.25) is 0 Å². The highest BCUT2D eigenvalue weighted by atomic mass is 32.1. The number of aromatic amines is 1. The van der Waals surface area contributed by atoms with Crippen LogP contribution in [-0.2, 0) is 0 Å². The Labute approximate surface area is 124 Å². The van der Waals surface area contributed by atoms with E-state index in [1.807, 2.05) is 13.8 Å². The first-order valence-corrected chi connectivity index (χ1v) is 7.03. The highest BCUT2D eigenvalue weighted by Gasteiger charge is 2.21. The van der Waals surface area contributed by atoms with Crippen molar-refractivity contribution in [2.75, 3.05) is 5.32 Å². The van der Waals surface area contributed by atoms with E-state index in [-0.39, 0.29) is 5.91 Å². The number of hydrogen-bond donors (Lipinski definition) is 2. The number of aromatic nitrogens is 3. The van der Waals surface area contributed by atoms with Gasteiger partial charge in [0.1, 0.15) is 6.07 Å². The van der Waals surface area contributed by atoms with E-state index in [1.54, 1.807) is 18.5 Å². The molecule has 7 heteroatoms. The van der Waals surface area contributed by atoms with Gasteiger partial charge in [-0.1, -0.05) is 0 Å². The van der Waals surface area contributed by atoms with Crippen molar-refractivity contribution in [2.45, 2.75) is 13.8 Å². The number of aryl methyl sites for hydroxylation is 2. The minimum absolute atomic E-state index is 0.328. The van der Waals surface area contributed by atoms with Crippen molar-refractivity contribution in [1.29, 1.82) is 5.26 Å². The summed E-state index contributed by atoms with van der Waals surface area (Å²) in [4.78, 5) is 18.1. The lowest BCUT2D eigenvalue weighted by Crippen LogP contribution is -2.14. The van der Waals surface area contributed by atoms with E-state index in [9.17, 15) is 10.1 Å². The van der Waals surface area contributed by atoms with E-state index >= 15 is 0 Å². The summed E-state index contributed by atoms with van der Waals surface area (Å²) in [6.07, 6.45) is 3.28. The van der Waals surface area contributed by atoms with E-state index in [1.165, 1.54) is 11.3 Å². The maximum absolute atomic E-state index is 12.4. The molecule has 3 aromatic heterocycles. The molecule has 0 aliphatic rings. The third kappa shape index (κ3) is 2.15. The van der Waals surface area contributed by atoms with Gasteiger partial charge < -0.3 is 5.32 Å². The number of hydrogen-bond acceptors (Lipinski definition) is 5. The normalized spacial score (nSPS) is 10.5. The first-order valence-electron chi connectivity index (χ1n) is 6.21. The van der Waals surface area contributed by atoms with Gasteiger partial charge in [0.15, 0.2) is 5.82 Å². The Morgan fingerprint density at radius 3 is 3.00 bits per heavy atom. The maximum atomic E-state index is 12.4. The van der Waals surface area contributed by atoms with Gasteiger partial charge in [0.25, 0.3) is 5.91 Å². The minimum atomic E-state index is -0.328. The molecule has 3 aromatic rings. The van der Waals surface area contributed by atoms with E-state index in [4.69, 9.17) is 0 Å². The Morgan fingerprint density at radius 2 is 2.24 bits per heavy atom. The second-order valence-electron chi connectivity index (χ2n) is 4.52. The lowest BCUT2D eigenvalue weighted by molar-refractivity contribution is 0.102. The lowest BCUT2D eigenvalue weighted by atomic mass is 10.1. The molecule has 0 aromatic carbocycles. The molecule has 3 heterocycles. The highest BCUT2D eigenvalue weighted by molar-refractivity contribution is 7.12. The molecule has 0 saturated carbocycles. The predicted octanol–water partition coefficient (Wildman–Crippen LogP) is 2.76.